The maximum Gasteiger partial charge on any atom is 0.284 e. The van der Waals surface area contributed by atoms with E-state index in [1.54, 1.807) is 18.4 Å². The average molecular weight is 383 g/mol. The summed E-state index contributed by atoms with van der Waals surface area (Å²) in [6, 6.07) is 10.0. The minimum Gasteiger partial charge on any atom is -0.459 e. The van der Waals surface area contributed by atoms with Crippen LogP contribution in [0.25, 0.3) is 11.7 Å². The van der Waals surface area contributed by atoms with E-state index in [2.05, 4.69) is 33.7 Å². The first-order valence-electron chi connectivity index (χ1n) is 9.10. The smallest absolute Gasteiger partial charge is 0.284 e. The van der Waals surface area contributed by atoms with Crippen LogP contribution in [0.2, 0.25) is 0 Å². The highest BCUT2D eigenvalue weighted by molar-refractivity contribution is 7.99. The van der Waals surface area contributed by atoms with Crippen molar-refractivity contribution in [2.45, 2.75) is 43.9 Å². The van der Waals surface area contributed by atoms with E-state index in [0.29, 0.717) is 16.9 Å². The van der Waals surface area contributed by atoms with Gasteiger partial charge in [0, 0.05) is 0 Å². The maximum absolute atomic E-state index is 12.3. The molecule has 0 saturated heterocycles. The zero-order valence-corrected chi connectivity index (χ0v) is 15.9. The van der Waals surface area contributed by atoms with E-state index in [1.165, 1.54) is 35.7 Å². The largest absolute Gasteiger partial charge is 0.459 e. The molecule has 0 aliphatic heterocycles. The second-order valence-electron chi connectivity index (χ2n) is 6.66. The highest BCUT2D eigenvalue weighted by Crippen LogP contribution is 2.26. The first-order chi connectivity index (χ1) is 13.2. The number of furan rings is 1. The molecule has 0 spiro atoms. The molecule has 0 fully saturated rings. The van der Waals surface area contributed by atoms with Gasteiger partial charge >= 0.3 is 0 Å². The van der Waals surface area contributed by atoms with Gasteiger partial charge in [0.15, 0.2) is 5.76 Å². The maximum atomic E-state index is 12.3. The minimum atomic E-state index is -0.0667. The number of nitrogens with one attached hydrogen (secondary N) is 1. The fourth-order valence-corrected chi connectivity index (χ4v) is 3.86. The topological polar surface area (TPSA) is 81.2 Å². The summed E-state index contributed by atoms with van der Waals surface area (Å²) in [6.45, 7) is 2.01. The summed E-state index contributed by atoms with van der Waals surface area (Å²) >= 11 is 1.21. The predicted octanol–water partition coefficient (Wildman–Crippen LogP) is 4.18. The lowest BCUT2D eigenvalue weighted by Gasteiger charge is -2.20. The molecule has 1 aliphatic carbocycles. The Morgan fingerprint density at radius 2 is 2.07 bits per heavy atom. The third-order valence-corrected chi connectivity index (χ3v) is 5.53. The van der Waals surface area contributed by atoms with Crippen LogP contribution in [-0.4, -0.2) is 21.9 Å². The molecular formula is C20H21N3O3S. The van der Waals surface area contributed by atoms with Gasteiger partial charge in [-0.3, -0.25) is 4.79 Å². The lowest BCUT2D eigenvalue weighted by atomic mass is 9.89. The van der Waals surface area contributed by atoms with E-state index in [4.69, 9.17) is 8.83 Å². The molecule has 0 bridgehead atoms. The zero-order valence-electron chi connectivity index (χ0n) is 15.1. The van der Waals surface area contributed by atoms with Crippen molar-refractivity contribution in [2.24, 2.45) is 0 Å². The lowest BCUT2D eigenvalue weighted by molar-refractivity contribution is -0.119. The fraction of sp³-hybridized carbons (Fsp3) is 0.350. The summed E-state index contributed by atoms with van der Waals surface area (Å²) < 4.78 is 10.7. The Hall–Kier alpha value is -2.54. The van der Waals surface area contributed by atoms with Gasteiger partial charge in [-0.1, -0.05) is 30.0 Å². The number of carbonyl (C=O) groups excluding carboxylic acids is 1. The van der Waals surface area contributed by atoms with E-state index in [1.807, 2.05) is 6.92 Å². The third kappa shape index (κ3) is 4.24. The van der Waals surface area contributed by atoms with Gasteiger partial charge in [-0.15, -0.1) is 10.2 Å². The van der Waals surface area contributed by atoms with Crippen LogP contribution in [0.4, 0.5) is 0 Å². The molecule has 1 amide bonds. The second-order valence-corrected chi connectivity index (χ2v) is 7.59. The van der Waals surface area contributed by atoms with Gasteiger partial charge in [-0.05, 0) is 61.4 Å². The van der Waals surface area contributed by atoms with Crippen LogP contribution in [0.3, 0.4) is 0 Å². The van der Waals surface area contributed by atoms with Crippen LogP contribution >= 0.6 is 11.8 Å². The van der Waals surface area contributed by atoms with Gasteiger partial charge in [0.2, 0.25) is 5.91 Å². The molecule has 1 N–H and O–H groups in total. The molecule has 3 aromatic rings. The summed E-state index contributed by atoms with van der Waals surface area (Å²) in [5.74, 6) is 0.975. The van der Waals surface area contributed by atoms with Crippen molar-refractivity contribution in [3.8, 4) is 11.7 Å². The van der Waals surface area contributed by atoms with Gasteiger partial charge in [0.25, 0.3) is 11.1 Å². The summed E-state index contributed by atoms with van der Waals surface area (Å²) in [5.41, 5.74) is 4.01. The molecule has 0 radical (unpaired) electrons. The number of fused-ring (bicyclic) bond motifs is 1. The normalized spacial score (nSPS) is 14.6. The molecule has 7 heteroatoms. The van der Waals surface area contributed by atoms with Gasteiger partial charge in [-0.2, -0.15) is 0 Å². The first-order valence-corrected chi connectivity index (χ1v) is 10.1. The number of nitrogens with zero attached hydrogens (tertiary/aromatic N) is 2. The second kappa shape index (κ2) is 8.00. The Bertz CT molecular complexity index is 920. The van der Waals surface area contributed by atoms with Gasteiger partial charge in [0.1, 0.15) is 0 Å². The van der Waals surface area contributed by atoms with Crippen LogP contribution in [0.5, 0.6) is 0 Å². The van der Waals surface area contributed by atoms with E-state index in [-0.39, 0.29) is 17.7 Å². The van der Waals surface area contributed by atoms with Gasteiger partial charge in [0.05, 0.1) is 18.1 Å². The van der Waals surface area contributed by atoms with Gasteiger partial charge in [-0.25, -0.2) is 0 Å². The van der Waals surface area contributed by atoms with Crippen LogP contribution in [-0.2, 0) is 17.6 Å². The van der Waals surface area contributed by atoms with Crippen molar-refractivity contribution in [2.75, 3.05) is 5.75 Å². The summed E-state index contributed by atoms with van der Waals surface area (Å²) in [5, 5.41) is 11.2. The monoisotopic (exact) mass is 383 g/mol. The number of hydrogen-bond acceptors (Lipinski definition) is 6. The zero-order chi connectivity index (χ0) is 18.6. The molecule has 1 aliphatic rings. The Balaban J connectivity index is 1.31. The standard InChI is InChI=1S/C20H21N3O3S/c1-13(15-9-8-14-5-2-3-6-16(14)11-15)21-18(24)12-27-20-23-22-19(26-20)17-7-4-10-25-17/h4,7-11,13H,2-3,5-6,12H2,1H3,(H,21,24)/t13-/m0/s1. The SMILES string of the molecule is C[C@H](NC(=O)CSc1nnc(-c2ccco2)o1)c1ccc2c(c1)CCCC2. The summed E-state index contributed by atoms with van der Waals surface area (Å²) in [4.78, 5) is 12.3. The van der Waals surface area contributed by atoms with Crippen molar-refractivity contribution in [3.05, 3.63) is 53.3 Å². The molecule has 2 aromatic heterocycles. The van der Waals surface area contributed by atoms with E-state index < -0.39 is 0 Å². The van der Waals surface area contributed by atoms with Crippen LogP contribution in [0, 0.1) is 0 Å². The fourth-order valence-electron chi connectivity index (χ4n) is 3.28. The number of benzene rings is 1. The van der Waals surface area contributed by atoms with Crippen molar-refractivity contribution >= 4 is 17.7 Å². The molecule has 0 saturated carbocycles. The number of rotatable bonds is 6. The molecule has 4 rings (SSSR count). The van der Waals surface area contributed by atoms with Crippen molar-refractivity contribution < 1.29 is 13.6 Å². The molecule has 2 heterocycles. The molecular weight excluding hydrogens is 362 g/mol. The number of thioether (sulfide) groups is 1. The number of amides is 1. The quantitative estimate of drug-likeness (QED) is 0.643. The number of carbonyl (C=O) groups is 1. The Morgan fingerprint density at radius 1 is 1.22 bits per heavy atom. The third-order valence-electron chi connectivity index (χ3n) is 4.72. The Morgan fingerprint density at radius 3 is 2.89 bits per heavy atom. The van der Waals surface area contributed by atoms with E-state index >= 15 is 0 Å². The van der Waals surface area contributed by atoms with E-state index in [9.17, 15) is 4.79 Å². The predicted molar refractivity (Wildman–Crippen MR) is 102 cm³/mol. The molecule has 6 nitrogen and oxygen atoms in total. The number of hydrogen-bond donors (Lipinski definition) is 1. The summed E-state index contributed by atoms with van der Waals surface area (Å²) in [6.07, 6.45) is 6.36. The van der Waals surface area contributed by atoms with Crippen LogP contribution in [0.15, 0.2) is 50.7 Å². The molecule has 27 heavy (non-hydrogen) atoms. The molecule has 1 atom stereocenters. The molecule has 140 valence electrons. The first kappa shape index (κ1) is 17.9. The average Bonchev–Trinajstić information content (AvgIpc) is 3.37. The van der Waals surface area contributed by atoms with Crippen molar-refractivity contribution in [1.29, 1.82) is 0 Å². The molecule has 1 aromatic carbocycles. The van der Waals surface area contributed by atoms with Crippen LogP contribution < -0.4 is 5.32 Å². The number of aryl methyl sites for hydroxylation is 2. The number of aromatic nitrogens is 2. The Kier molecular flexibility index (Phi) is 5.29. The van der Waals surface area contributed by atoms with Gasteiger partial charge < -0.3 is 14.2 Å². The lowest BCUT2D eigenvalue weighted by Crippen LogP contribution is -2.28. The van der Waals surface area contributed by atoms with Crippen molar-refractivity contribution in [1.82, 2.24) is 15.5 Å². The van der Waals surface area contributed by atoms with Crippen molar-refractivity contribution in [3.63, 3.8) is 0 Å². The van der Waals surface area contributed by atoms with Crippen LogP contribution in [0.1, 0.15) is 42.5 Å². The van der Waals surface area contributed by atoms with E-state index in [0.717, 1.165) is 18.4 Å². The summed E-state index contributed by atoms with van der Waals surface area (Å²) in [7, 11) is 0. The highest BCUT2D eigenvalue weighted by Gasteiger charge is 2.16. The minimum absolute atomic E-state index is 0.0355. The molecule has 0 unspecified atom stereocenters. The highest BCUT2D eigenvalue weighted by atomic mass is 32.2. The Labute approximate surface area is 161 Å².